The first-order chi connectivity index (χ1) is 10.7. The van der Waals surface area contributed by atoms with Crippen molar-refractivity contribution in [2.24, 2.45) is 0 Å². The van der Waals surface area contributed by atoms with E-state index in [9.17, 15) is 4.79 Å². The molecule has 1 aromatic heterocycles. The number of rotatable bonds is 5. The number of carbonyl (C=O) groups excluding carboxylic acids is 1. The Labute approximate surface area is 139 Å². The van der Waals surface area contributed by atoms with E-state index >= 15 is 0 Å². The summed E-state index contributed by atoms with van der Waals surface area (Å²) in [4.78, 5) is 16.8. The number of esters is 1. The molecule has 3 heterocycles. The molecule has 1 aromatic rings. The molecule has 122 valence electrons. The Bertz CT molecular complexity index is 515. The third kappa shape index (κ3) is 3.64. The minimum Gasteiger partial charge on any atom is -0.462 e. The van der Waals surface area contributed by atoms with Gasteiger partial charge in [-0.3, -0.25) is 0 Å². The Kier molecular flexibility index (Phi) is 5.38. The van der Waals surface area contributed by atoms with Crippen LogP contribution in [0.25, 0.3) is 0 Å². The van der Waals surface area contributed by atoms with E-state index in [0.29, 0.717) is 24.1 Å². The van der Waals surface area contributed by atoms with Gasteiger partial charge in [-0.1, -0.05) is 0 Å². The predicted molar refractivity (Wildman–Crippen MR) is 88.6 cm³/mol. The van der Waals surface area contributed by atoms with E-state index in [4.69, 9.17) is 9.47 Å². The molecule has 0 aliphatic carbocycles. The summed E-state index contributed by atoms with van der Waals surface area (Å²) in [5, 5.41) is 3.56. The lowest BCUT2D eigenvalue weighted by Crippen LogP contribution is -2.47. The maximum absolute atomic E-state index is 11.9. The first-order valence-electron chi connectivity index (χ1n) is 7.77. The molecule has 22 heavy (non-hydrogen) atoms. The molecule has 2 atom stereocenters. The van der Waals surface area contributed by atoms with Crippen molar-refractivity contribution >= 4 is 29.1 Å². The Morgan fingerprint density at radius 3 is 3.32 bits per heavy atom. The number of carbonyl (C=O) groups is 1. The van der Waals surface area contributed by atoms with Crippen molar-refractivity contribution in [3.8, 4) is 0 Å². The van der Waals surface area contributed by atoms with Crippen LogP contribution in [0, 0.1) is 0 Å². The molecular weight excluding hydrogens is 320 g/mol. The molecule has 7 heteroatoms. The molecule has 0 radical (unpaired) electrons. The second-order valence-electron chi connectivity index (χ2n) is 5.75. The topological polar surface area (TPSA) is 60.5 Å². The fourth-order valence-electron chi connectivity index (χ4n) is 3.06. The average Bonchev–Trinajstić information content (AvgIpc) is 3.15. The highest BCUT2D eigenvalue weighted by molar-refractivity contribution is 7.99. The highest BCUT2D eigenvalue weighted by Gasteiger charge is 2.40. The van der Waals surface area contributed by atoms with E-state index in [-0.39, 0.29) is 11.6 Å². The monoisotopic (exact) mass is 342 g/mol. The van der Waals surface area contributed by atoms with Crippen molar-refractivity contribution in [1.29, 1.82) is 0 Å². The molecule has 3 rings (SSSR count). The summed E-state index contributed by atoms with van der Waals surface area (Å²) in [6.45, 7) is 3.65. The fourth-order valence-corrected chi connectivity index (χ4v) is 5.14. The summed E-state index contributed by atoms with van der Waals surface area (Å²) in [5.74, 6) is 2.04. The minimum absolute atomic E-state index is 0.0760. The van der Waals surface area contributed by atoms with Crippen molar-refractivity contribution in [2.45, 2.75) is 44.4 Å². The smallest absolute Gasteiger partial charge is 0.350 e. The first-order valence-corrected chi connectivity index (χ1v) is 9.80. The summed E-state index contributed by atoms with van der Waals surface area (Å²) in [5.41, 5.74) is 2.58. The minimum atomic E-state index is -0.266. The molecule has 1 spiro atoms. The quantitative estimate of drug-likeness (QED) is 0.830. The number of nitrogens with one attached hydrogen (secondary N) is 1. The van der Waals surface area contributed by atoms with Gasteiger partial charge in [0.15, 0.2) is 0 Å². The van der Waals surface area contributed by atoms with Crippen molar-refractivity contribution in [3.05, 3.63) is 16.1 Å². The van der Waals surface area contributed by atoms with E-state index < -0.39 is 0 Å². The van der Waals surface area contributed by atoms with Crippen molar-refractivity contribution in [3.63, 3.8) is 0 Å². The molecule has 1 N–H and O–H groups in total. The third-order valence-corrected chi connectivity index (χ3v) is 6.29. The number of thiazole rings is 1. The van der Waals surface area contributed by atoms with Gasteiger partial charge in [0.25, 0.3) is 0 Å². The maximum atomic E-state index is 11.9. The van der Waals surface area contributed by atoms with E-state index in [1.165, 1.54) is 17.1 Å². The highest BCUT2D eigenvalue weighted by atomic mass is 32.2. The predicted octanol–water partition coefficient (Wildman–Crippen LogP) is 2.46. The normalized spacial score (nSPS) is 28.1. The molecule has 2 fully saturated rings. The second-order valence-corrected chi connectivity index (χ2v) is 7.71. The van der Waals surface area contributed by atoms with E-state index in [1.807, 2.05) is 18.7 Å². The fraction of sp³-hybridized carbons (Fsp3) is 0.733. The van der Waals surface area contributed by atoms with Crippen LogP contribution in [0.1, 0.15) is 41.6 Å². The van der Waals surface area contributed by atoms with Crippen molar-refractivity contribution in [2.75, 3.05) is 24.7 Å². The summed E-state index contributed by atoms with van der Waals surface area (Å²) in [6, 6.07) is 0.434. The first kappa shape index (κ1) is 16.2. The number of ether oxygens (including phenoxy) is 2. The van der Waals surface area contributed by atoms with Crippen LogP contribution in [0.2, 0.25) is 0 Å². The summed E-state index contributed by atoms with van der Waals surface area (Å²) in [7, 11) is 0. The molecule has 0 unspecified atom stereocenters. The molecule has 2 aliphatic rings. The van der Waals surface area contributed by atoms with E-state index in [2.05, 4.69) is 10.3 Å². The number of hydrogen-bond acceptors (Lipinski definition) is 7. The lowest BCUT2D eigenvalue weighted by atomic mass is 9.90. The van der Waals surface area contributed by atoms with E-state index in [1.54, 1.807) is 5.51 Å². The largest absolute Gasteiger partial charge is 0.462 e. The molecule has 2 aliphatic heterocycles. The van der Waals surface area contributed by atoms with Gasteiger partial charge in [-0.25, -0.2) is 9.78 Å². The Morgan fingerprint density at radius 2 is 2.55 bits per heavy atom. The van der Waals surface area contributed by atoms with Crippen LogP contribution in [-0.4, -0.2) is 47.3 Å². The Hall–Kier alpha value is -0.630. The summed E-state index contributed by atoms with van der Waals surface area (Å²) < 4.78 is 11.1. The SMILES string of the molecule is CCOC(=O)c1scnc1CN[C@H]1CCO[C@@]2(CCSC2)C1. The molecule has 0 saturated carbocycles. The van der Waals surface area contributed by atoms with Gasteiger partial charge in [0, 0.05) is 24.9 Å². The van der Waals surface area contributed by atoms with Gasteiger partial charge in [0.05, 0.1) is 23.4 Å². The van der Waals surface area contributed by atoms with Gasteiger partial charge in [-0.05, 0) is 31.9 Å². The summed E-state index contributed by atoms with van der Waals surface area (Å²) in [6.07, 6.45) is 3.23. The standard InChI is InChI=1S/C15H22N2O3S2/c1-2-19-14(18)13-12(17-10-22-13)8-16-11-3-5-20-15(7-11)4-6-21-9-15/h10-11,16H,2-9H2,1H3/t11-,15-/m0/s1. The van der Waals surface area contributed by atoms with Crippen LogP contribution in [0.5, 0.6) is 0 Å². The van der Waals surface area contributed by atoms with E-state index in [0.717, 1.165) is 37.3 Å². The van der Waals surface area contributed by atoms with Gasteiger partial charge in [-0.15, -0.1) is 11.3 Å². The van der Waals surface area contributed by atoms with Crippen LogP contribution < -0.4 is 5.32 Å². The van der Waals surface area contributed by atoms with Crippen molar-refractivity contribution in [1.82, 2.24) is 10.3 Å². The van der Waals surface area contributed by atoms with Crippen molar-refractivity contribution < 1.29 is 14.3 Å². The zero-order valence-electron chi connectivity index (χ0n) is 12.8. The van der Waals surface area contributed by atoms with Crippen LogP contribution in [-0.2, 0) is 16.0 Å². The highest BCUT2D eigenvalue weighted by Crippen LogP contribution is 2.38. The van der Waals surface area contributed by atoms with Crippen LogP contribution in [0.4, 0.5) is 0 Å². The lowest BCUT2D eigenvalue weighted by molar-refractivity contribution is -0.0703. The molecule has 0 aromatic carbocycles. The maximum Gasteiger partial charge on any atom is 0.350 e. The number of thioether (sulfide) groups is 1. The molecule has 2 saturated heterocycles. The zero-order valence-corrected chi connectivity index (χ0v) is 14.4. The van der Waals surface area contributed by atoms with Gasteiger partial charge >= 0.3 is 5.97 Å². The second kappa shape index (κ2) is 7.29. The van der Waals surface area contributed by atoms with Gasteiger partial charge in [0.2, 0.25) is 0 Å². The number of aromatic nitrogens is 1. The zero-order chi connectivity index (χ0) is 15.4. The van der Waals surface area contributed by atoms with Gasteiger partial charge in [-0.2, -0.15) is 11.8 Å². The number of hydrogen-bond donors (Lipinski definition) is 1. The average molecular weight is 342 g/mol. The Morgan fingerprint density at radius 1 is 1.64 bits per heavy atom. The molecule has 0 amide bonds. The molecule has 0 bridgehead atoms. The third-order valence-electron chi connectivity index (χ3n) is 4.22. The Balaban J connectivity index is 1.56. The lowest BCUT2D eigenvalue weighted by Gasteiger charge is -2.38. The number of nitrogens with zero attached hydrogens (tertiary/aromatic N) is 1. The molecule has 5 nitrogen and oxygen atoms in total. The van der Waals surface area contributed by atoms with Gasteiger partial charge < -0.3 is 14.8 Å². The van der Waals surface area contributed by atoms with Gasteiger partial charge in [0.1, 0.15) is 4.88 Å². The van der Waals surface area contributed by atoms with Crippen LogP contribution >= 0.6 is 23.1 Å². The van der Waals surface area contributed by atoms with Crippen LogP contribution in [0.15, 0.2) is 5.51 Å². The summed E-state index contributed by atoms with van der Waals surface area (Å²) >= 11 is 3.33. The van der Waals surface area contributed by atoms with Crippen LogP contribution in [0.3, 0.4) is 0 Å². The molecular formula is C15H22N2O3S2.